The summed E-state index contributed by atoms with van der Waals surface area (Å²) >= 11 is 0. The molecule has 1 aromatic heterocycles. The quantitative estimate of drug-likeness (QED) is 0.717. The highest BCUT2D eigenvalue weighted by Gasteiger charge is 1.99. The number of hydrogen-bond acceptors (Lipinski definition) is 3. The number of nitrogens with one attached hydrogen (secondary N) is 1. The third-order valence-electron chi connectivity index (χ3n) is 3.18. The molecule has 21 heavy (non-hydrogen) atoms. The van der Waals surface area contributed by atoms with Gasteiger partial charge in [-0.3, -0.25) is 0 Å². The Kier molecular flexibility index (Phi) is 6.16. The van der Waals surface area contributed by atoms with E-state index in [1.54, 1.807) is 7.11 Å². The molecule has 2 aromatic rings. The molecule has 0 aliphatic heterocycles. The van der Waals surface area contributed by atoms with Crippen molar-refractivity contribution in [3.05, 3.63) is 48.3 Å². The fourth-order valence-electron chi connectivity index (χ4n) is 2.14. The lowest BCUT2D eigenvalue weighted by molar-refractivity contribution is 0.146. The highest BCUT2D eigenvalue weighted by Crippen LogP contribution is 2.18. The lowest BCUT2D eigenvalue weighted by Crippen LogP contribution is -2.04. The highest BCUT2D eigenvalue weighted by atomic mass is 16.5. The summed E-state index contributed by atoms with van der Waals surface area (Å²) < 4.78 is 12.8. The molecule has 2 rings (SSSR count). The standard InChI is InChI=1S/C17H24N2O2/c1-3-8-19-9-7-15(14-19)13-18-16-5-4-6-17(12-16)21-11-10-20-2/h4-7,9,12,14,18H,3,8,10-11,13H2,1-2H3. The fraction of sp³-hybridized carbons (Fsp3) is 0.412. The van der Waals surface area contributed by atoms with Gasteiger partial charge in [-0.25, -0.2) is 0 Å². The minimum atomic E-state index is 0.569. The summed E-state index contributed by atoms with van der Waals surface area (Å²) in [6, 6.07) is 10.2. The van der Waals surface area contributed by atoms with E-state index in [9.17, 15) is 0 Å². The van der Waals surface area contributed by atoms with E-state index in [4.69, 9.17) is 9.47 Å². The number of hydrogen-bond donors (Lipinski definition) is 1. The van der Waals surface area contributed by atoms with Crippen LogP contribution in [-0.2, 0) is 17.8 Å². The van der Waals surface area contributed by atoms with Gasteiger partial charge in [0.25, 0.3) is 0 Å². The van der Waals surface area contributed by atoms with Crippen molar-refractivity contribution in [3.8, 4) is 5.75 Å². The Morgan fingerprint density at radius 3 is 2.90 bits per heavy atom. The molecule has 4 nitrogen and oxygen atoms in total. The van der Waals surface area contributed by atoms with Crippen molar-refractivity contribution in [3.63, 3.8) is 0 Å². The molecule has 0 aliphatic carbocycles. The molecule has 0 bridgehead atoms. The monoisotopic (exact) mass is 288 g/mol. The predicted octanol–water partition coefficient (Wildman–Crippen LogP) is 3.54. The lowest BCUT2D eigenvalue weighted by atomic mass is 10.2. The Bertz CT molecular complexity index is 537. The van der Waals surface area contributed by atoms with Crippen molar-refractivity contribution >= 4 is 5.69 Å². The van der Waals surface area contributed by atoms with Crippen LogP contribution in [0.3, 0.4) is 0 Å². The summed E-state index contributed by atoms with van der Waals surface area (Å²) in [4.78, 5) is 0. The van der Waals surface area contributed by atoms with Gasteiger partial charge in [-0.2, -0.15) is 0 Å². The van der Waals surface area contributed by atoms with E-state index in [1.165, 1.54) is 5.56 Å². The van der Waals surface area contributed by atoms with Crippen molar-refractivity contribution in [1.29, 1.82) is 0 Å². The zero-order valence-electron chi connectivity index (χ0n) is 12.8. The number of benzene rings is 1. The topological polar surface area (TPSA) is 35.4 Å². The van der Waals surface area contributed by atoms with Crippen molar-refractivity contribution in [2.45, 2.75) is 26.4 Å². The first-order valence-corrected chi connectivity index (χ1v) is 7.42. The normalized spacial score (nSPS) is 10.6. The van der Waals surface area contributed by atoms with Crippen molar-refractivity contribution in [2.75, 3.05) is 25.6 Å². The molecule has 1 heterocycles. The Morgan fingerprint density at radius 2 is 2.10 bits per heavy atom. The molecule has 0 spiro atoms. The highest BCUT2D eigenvalue weighted by molar-refractivity contribution is 5.48. The van der Waals surface area contributed by atoms with E-state index < -0.39 is 0 Å². The van der Waals surface area contributed by atoms with Crippen LogP contribution in [0.15, 0.2) is 42.7 Å². The largest absolute Gasteiger partial charge is 0.491 e. The van der Waals surface area contributed by atoms with Crippen LogP contribution in [0.2, 0.25) is 0 Å². The number of ether oxygens (including phenoxy) is 2. The number of anilines is 1. The van der Waals surface area contributed by atoms with E-state index in [0.717, 1.165) is 30.9 Å². The molecule has 114 valence electrons. The summed E-state index contributed by atoms with van der Waals surface area (Å²) in [5, 5.41) is 3.42. The summed E-state index contributed by atoms with van der Waals surface area (Å²) in [5.41, 5.74) is 2.35. The van der Waals surface area contributed by atoms with Crippen LogP contribution in [0.5, 0.6) is 5.75 Å². The minimum Gasteiger partial charge on any atom is -0.491 e. The van der Waals surface area contributed by atoms with E-state index in [1.807, 2.05) is 24.3 Å². The molecule has 0 unspecified atom stereocenters. The molecule has 0 amide bonds. The zero-order valence-corrected chi connectivity index (χ0v) is 12.8. The first-order valence-electron chi connectivity index (χ1n) is 7.42. The van der Waals surface area contributed by atoms with Gasteiger partial charge in [0.1, 0.15) is 12.4 Å². The summed E-state index contributed by atoms with van der Waals surface area (Å²) in [7, 11) is 1.67. The van der Waals surface area contributed by atoms with Crippen LogP contribution < -0.4 is 10.1 Å². The molecule has 1 aromatic carbocycles. The Labute approximate surface area is 126 Å². The van der Waals surface area contributed by atoms with Gasteiger partial charge in [0.2, 0.25) is 0 Å². The van der Waals surface area contributed by atoms with Crippen LogP contribution >= 0.6 is 0 Å². The third kappa shape index (κ3) is 5.16. The molecule has 0 radical (unpaired) electrons. The van der Waals surface area contributed by atoms with Gasteiger partial charge < -0.3 is 19.4 Å². The molecule has 4 heteroatoms. The van der Waals surface area contributed by atoms with Crippen LogP contribution in [0.25, 0.3) is 0 Å². The molecule has 0 saturated heterocycles. The molecule has 1 N–H and O–H groups in total. The maximum Gasteiger partial charge on any atom is 0.121 e. The first-order chi connectivity index (χ1) is 10.3. The van der Waals surface area contributed by atoms with Gasteiger partial charge in [0, 0.05) is 44.3 Å². The van der Waals surface area contributed by atoms with Gasteiger partial charge >= 0.3 is 0 Å². The number of rotatable bonds is 9. The molecule has 0 saturated carbocycles. The summed E-state index contributed by atoms with van der Waals surface area (Å²) in [6.07, 6.45) is 5.47. The van der Waals surface area contributed by atoms with E-state index in [0.29, 0.717) is 13.2 Å². The molecule has 0 fully saturated rings. The second-order valence-electron chi connectivity index (χ2n) is 4.98. The van der Waals surface area contributed by atoms with Crippen molar-refractivity contribution < 1.29 is 9.47 Å². The second kappa shape index (κ2) is 8.37. The molecular weight excluding hydrogens is 264 g/mol. The fourth-order valence-corrected chi connectivity index (χ4v) is 2.14. The number of aromatic nitrogens is 1. The number of nitrogens with zero attached hydrogens (tertiary/aromatic N) is 1. The number of methoxy groups -OCH3 is 1. The van der Waals surface area contributed by atoms with Crippen LogP contribution in [-0.4, -0.2) is 24.9 Å². The van der Waals surface area contributed by atoms with E-state index >= 15 is 0 Å². The van der Waals surface area contributed by atoms with E-state index in [-0.39, 0.29) is 0 Å². The van der Waals surface area contributed by atoms with Gasteiger partial charge in [0.15, 0.2) is 0 Å². The maximum absolute atomic E-state index is 5.61. The zero-order chi connectivity index (χ0) is 14.9. The average Bonchev–Trinajstić information content (AvgIpc) is 2.94. The molecular formula is C17H24N2O2. The van der Waals surface area contributed by atoms with Crippen LogP contribution in [0, 0.1) is 0 Å². The van der Waals surface area contributed by atoms with Crippen LogP contribution in [0.1, 0.15) is 18.9 Å². The first kappa shape index (κ1) is 15.4. The lowest BCUT2D eigenvalue weighted by Gasteiger charge is -2.09. The average molecular weight is 288 g/mol. The SMILES string of the molecule is CCCn1ccc(CNc2cccc(OCCOC)c2)c1. The van der Waals surface area contributed by atoms with E-state index in [2.05, 4.69) is 35.3 Å². The van der Waals surface area contributed by atoms with Crippen molar-refractivity contribution in [1.82, 2.24) is 4.57 Å². The Balaban J connectivity index is 1.85. The number of aryl methyl sites for hydroxylation is 1. The van der Waals surface area contributed by atoms with Crippen molar-refractivity contribution in [2.24, 2.45) is 0 Å². The Hall–Kier alpha value is -1.94. The summed E-state index contributed by atoms with van der Waals surface area (Å²) in [5.74, 6) is 0.862. The third-order valence-corrected chi connectivity index (χ3v) is 3.18. The van der Waals surface area contributed by atoms with Gasteiger partial charge in [-0.15, -0.1) is 0 Å². The minimum absolute atomic E-state index is 0.569. The van der Waals surface area contributed by atoms with Crippen LogP contribution in [0.4, 0.5) is 5.69 Å². The maximum atomic E-state index is 5.61. The predicted molar refractivity (Wildman–Crippen MR) is 85.9 cm³/mol. The van der Waals surface area contributed by atoms with Gasteiger partial charge in [0.05, 0.1) is 6.61 Å². The Morgan fingerprint density at radius 1 is 1.19 bits per heavy atom. The van der Waals surface area contributed by atoms with Gasteiger partial charge in [-0.05, 0) is 30.2 Å². The molecule has 0 aliphatic rings. The second-order valence-corrected chi connectivity index (χ2v) is 4.98. The molecule has 0 atom stereocenters. The summed E-state index contributed by atoms with van der Waals surface area (Å²) in [6.45, 7) is 5.25. The smallest absolute Gasteiger partial charge is 0.121 e. The van der Waals surface area contributed by atoms with Gasteiger partial charge in [-0.1, -0.05) is 13.0 Å².